The molecule has 1 heterocycles. The molecule has 0 spiro atoms. The van der Waals surface area contributed by atoms with Crippen LogP contribution in [0, 0.1) is 6.92 Å². The van der Waals surface area contributed by atoms with Gasteiger partial charge in [-0.3, -0.25) is 24.6 Å². The number of hydrogen-bond acceptors (Lipinski definition) is 7. The minimum atomic E-state index is -1.17. The standard InChI is InChI=1S/C28H23N3O7S/c1-16-6-9-19(10-7-16)29-24(32)15-38-22-11-8-17(13-23(22)37-2)12-21-25(33)30-28(39)31(26(21)34)20-5-3-4-18(14-20)27(35)36/h3-14H,15H2,1-2H3,(H,29,32)(H,35,36)(H,30,33,39). The Bertz CT molecular complexity index is 1520. The van der Waals surface area contributed by atoms with Gasteiger partial charge in [-0.15, -0.1) is 0 Å². The van der Waals surface area contributed by atoms with Crippen LogP contribution in [0.3, 0.4) is 0 Å². The summed E-state index contributed by atoms with van der Waals surface area (Å²) < 4.78 is 11.0. The van der Waals surface area contributed by atoms with Gasteiger partial charge in [0.25, 0.3) is 17.7 Å². The summed E-state index contributed by atoms with van der Waals surface area (Å²) in [7, 11) is 1.42. The molecule has 0 saturated carbocycles. The zero-order valence-electron chi connectivity index (χ0n) is 20.9. The average molecular weight is 546 g/mol. The Morgan fingerprint density at radius 1 is 1.05 bits per heavy atom. The Balaban J connectivity index is 1.52. The molecule has 198 valence electrons. The maximum atomic E-state index is 13.3. The molecule has 3 N–H and O–H groups in total. The van der Waals surface area contributed by atoms with E-state index in [0.29, 0.717) is 11.3 Å². The Morgan fingerprint density at radius 2 is 1.79 bits per heavy atom. The lowest BCUT2D eigenvalue weighted by molar-refractivity contribution is -0.122. The summed E-state index contributed by atoms with van der Waals surface area (Å²) in [5.41, 5.74) is 2.08. The van der Waals surface area contributed by atoms with Gasteiger partial charge in [0, 0.05) is 5.69 Å². The quantitative estimate of drug-likeness (QED) is 0.222. The smallest absolute Gasteiger partial charge is 0.335 e. The molecule has 0 bridgehead atoms. The fourth-order valence-corrected chi connectivity index (χ4v) is 3.99. The molecule has 1 aliphatic rings. The van der Waals surface area contributed by atoms with Crippen molar-refractivity contribution in [2.45, 2.75) is 6.92 Å². The molecule has 0 atom stereocenters. The lowest BCUT2D eigenvalue weighted by atomic mass is 10.1. The third-order valence-electron chi connectivity index (χ3n) is 5.65. The van der Waals surface area contributed by atoms with Crippen LogP contribution in [0.2, 0.25) is 0 Å². The van der Waals surface area contributed by atoms with Gasteiger partial charge in [-0.25, -0.2) is 4.79 Å². The van der Waals surface area contributed by atoms with E-state index in [0.717, 1.165) is 10.5 Å². The number of ether oxygens (including phenoxy) is 2. The zero-order valence-corrected chi connectivity index (χ0v) is 21.7. The van der Waals surface area contributed by atoms with E-state index in [2.05, 4.69) is 10.6 Å². The summed E-state index contributed by atoms with van der Waals surface area (Å²) in [6, 6.07) is 17.7. The summed E-state index contributed by atoms with van der Waals surface area (Å²) in [4.78, 5) is 50.6. The normalized spacial score (nSPS) is 14.2. The molecule has 11 heteroatoms. The minimum Gasteiger partial charge on any atom is -0.493 e. The van der Waals surface area contributed by atoms with E-state index in [4.69, 9.17) is 21.7 Å². The van der Waals surface area contributed by atoms with Crippen LogP contribution in [0.1, 0.15) is 21.5 Å². The zero-order chi connectivity index (χ0) is 28.1. The van der Waals surface area contributed by atoms with Crippen LogP contribution in [0.15, 0.2) is 72.3 Å². The number of amides is 3. The molecule has 3 aromatic rings. The number of benzene rings is 3. The van der Waals surface area contributed by atoms with Gasteiger partial charge in [-0.1, -0.05) is 29.8 Å². The molecule has 3 aromatic carbocycles. The van der Waals surface area contributed by atoms with Crippen molar-refractivity contribution in [1.29, 1.82) is 0 Å². The number of carboxylic acids is 1. The molecule has 10 nitrogen and oxygen atoms in total. The molecule has 0 unspecified atom stereocenters. The van der Waals surface area contributed by atoms with Gasteiger partial charge in [0.2, 0.25) is 0 Å². The fourth-order valence-electron chi connectivity index (χ4n) is 3.71. The van der Waals surface area contributed by atoms with Gasteiger partial charge in [0.05, 0.1) is 18.4 Å². The van der Waals surface area contributed by atoms with Crippen molar-refractivity contribution in [2.24, 2.45) is 0 Å². The van der Waals surface area contributed by atoms with Crippen LogP contribution in [0.4, 0.5) is 11.4 Å². The van der Waals surface area contributed by atoms with Crippen LogP contribution in [-0.2, 0) is 14.4 Å². The number of carbonyl (C=O) groups excluding carboxylic acids is 3. The third-order valence-corrected chi connectivity index (χ3v) is 5.93. The van der Waals surface area contributed by atoms with E-state index in [1.54, 1.807) is 30.3 Å². The molecular weight excluding hydrogens is 522 g/mol. The predicted octanol–water partition coefficient (Wildman–Crippen LogP) is 3.55. The highest BCUT2D eigenvalue weighted by Gasteiger charge is 2.34. The van der Waals surface area contributed by atoms with Gasteiger partial charge < -0.3 is 19.9 Å². The maximum Gasteiger partial charge on any atom is 0.335 e. The van der Waals surface area contributed by atoms with Crippen LogP contribution < -0.4 is 25.0 Å². The van der Waals surface area contributed by atoms with E-state index < -0.39 is 17.8 Å². The molecule has 1 aliphatic heterocycles. The number of carbonyl (C=O) groups is 4. The van der Waals surface area contributed by atoms with Gasteiger partial charge in [-0.2, -0.15) is 0 Å². The molecule has 39 heavy (non-hydrogen) atoms. The van der Waals surface area contributed by atoms with Crippen molar-refractivity contribution in [3.63, 3.8) is 0 Å². The summed E-state index contributed by atoms with van der Waals surface area (Å²) in [6.07, 6.45) is 1.35. The van der Waals surface area contributed by atoms with Crippen LogP contribution in [-0.4, -0.2) is 47.6 Å². The minimum absolute atomic E-state index is 0.0431. The van der Waals surface area contributed by atoms with Crippen molar-refractivity contribution in [3.8, 4) is 11.5 Å². The van der Waals surface area contributed by atoms with E-state index in [-0.39, 0.29) is 45.9 Å². The largest absolute Gasteiger partial charge is 0.493 e. The average Bonchev–Trinajstić information content (AvgIpc) is 2.91. The second-order valence-corrected chi connectivity index (χ2v) is 8.81. The van der Waals surface area contributed by atoms with Crippen molar-refractivity contribution in [2.75, 3.05) is 23.9 Å². The molecule has 1 fully saturated rings. The van der Waals surface area contributed by atoms with Crippen molar-refractivity contribution >= 4 is 58.5 Å². The van der Waals surface area contributed by atoms with Gasteiger partial charge in [0.15, 0.2) is 23.2 Å². The number of methoxy groups -OCH3 is 1. The highest BCUT2D eigenvalue weighted by molar-refractivity contribution is 7.80. The lowest BCUT2D eigenvalue weighted by Crippen LogP contribution is -2.54. The summed E-state index contributed by atoms with van der Waals surface area (Å²) in [5, 5.41) is 14.3. The molecule has 0 aromatic heterocycles. The number of hydrogen-bond donors (Lipinski definition) is 3. The van der Waals surface area contributed by atoms with Crippen LogP contribution >= 0.6 is 12.2 Å². The van der Waals surface area contributed by atoms with Crippen molar-refractivity contribution in [1.82, 2.24) is 5.32 Å². The fraction of sp³-hybridized carbons (Fsp3) is 0.107. The summed E-state index contributed by atoms with van der Waals surface area (Å²) in [5.74, 6) is -2.40. The highest BCUT2D eigenvalue weighted by atomic mass is 32.1. The van der Waals surface area contributed by atoms with E-state index in [1.807, 2.05) is 19.1 Å². The monoisotopic (exact) mass is 545 g/mol. The predicted molar refractivity (Wildman–Crippen MR) is 148 cm³/mol. The second kappa shape index (κ2) is 11.6. The van der Waals surface area contributed by atoms with E-state index in [1.165, 1.54) is 37.5 Å². The molecule has 1 saturated heterocycles. The number of rotatable bonds is 8. The Morgan fingerprint density at radius 3 is 2.49 bits per heavy atom. The van der Waals surface area contributed by atoms with Crippen LogP contribution in [0.25, 0.3) is 6.08 Å². The first-order valence-corrected chi connectivity index (χ1v) is 12.0. The summed E-state index contributed by atoms with van der Waals surface area (Å²) in [6.45, 7) is 1.68. The molecular formula is C28H23N3O7S. The second-order valence-electron chi connectivity index (χ2n) is 8.43. The maximum absolute atomic E-state index is 13.3. The molecule has 4 rings (SSSR count). The number of anilines is 2. The van der Waals surface area contributed by atoms with Crippen LogP contribution in [0.5, 0.6) is 11.5 Å². The topological polar surface area (TPSA) is 134 Å². The number of thiocarbonyl (C=S) groups is 1. The van der Waals surface area contributed by atoms with Gasteiger partial charge >= 0.3 is 5.97 Å². The SMILES string of the molecule is COc1cc(C=C2C(=O)NC(=S)N(c3cccc(C(=O)O)c3)C2=O)ccc1OCC(=O)Nc1ccc(C)cc1. The van der Waals surface area contributed by atoms with E-state index >= 15 is 0 Å². The number of nitrogens with zero attached hydrogens (tertiary/aromatic N) is 1. The molecule has 3 amide bonds. The first kappa shape index (κ1) is 27.0. The Labute approximate surface area is 228 Å². The first-order chi connectivity index (χ1) is 18.7. The summed E-state index contributed by atoms with van der Waals surface area (Å²) >= 11 is 5.17. The Hall–Kier alpha value is -5.03. The lowest BCUT2D eigenvalue weighted by Gasteiger charge is -2.29. The van der Waals surface area contributed by atoms with E-state index in [9.17, 15) is 24.3 Å². The number of nitrogens with one attached hydrogen (secondary N) is 2. The van der Waals surface area contributed by atoms with Gasteiger partial charge in [0.1, 0.15) is 5.57 Å². The van der Waals surface area contributed by atoms with Crippen molar-refractivity contribution in [3.05, 3.63) is 89.0 Å². The molecule has 0 aliphatic carbocycles. The number of aromatic carboxylic acids is 1. The number of aryl methyl sites for hydroxylation is 1. The van der Waals surface area contributed by atoms with Gasteiger partial charge in [-0.05, 0) is 73.2 Å². The third kappa shape index (κ3) is 6.28. The molecule has 0 radical (unpaired) electrons. The Kier molecular flexibility index (Phi) is 8.01. The highest BCUT2D eigenvalue weighted by Crippen LogP contribution is 2.30. The number of carboxylic acid groups (broad SMARTS) is 1. The first-order valence-electron chi connectivity index (χ1n) is 11.6. The van der Waals surface area contributed by atoms with Crippen molar-refractivity contribution < 1.29 is 33.8 Å².